The molecule has 2 aromatic carbocycles. The minimum absolute atomic E-state index is 0.0159. The van der Waals surface area contributed by atoms with Gasteiger partial charge in [-0.2, -0.15) is 0 Å². The quantitative estimate of drug-likeness (QED) is 0.396. The Balaban J connectivity index is 1.56. The van der Waals surface area contributed by atoms with Crippen LogP contribution in [0.3, 0.4) is 0 Å². The lowest BCUT2D eigenvalue weighted by molar-refractivity contribution is -0.116. The Hall–Kier alpha value is -4.80. The molecule has 4 rings (SSSR count). The number of aromatic nitrogens is 2. The summed E-state index contributed by atoms with van der Waals surface area (Å²) in [7, 11) is 0. The highest BCUT2D eigenvalue weighted by Gasteiger charge is 2.35. The van der Waals surface area contributed by atoms with E-state index in [1.807, 2.05) is 31.2 Å². The van der Waals surface area contributed by atoms with Gasteiger partial charge in [-0.3, -0.25) is 19.3 Å². The van der Waals surface area contributed by atoms with Gasteiger partial charge in [-0.05, 0) is 45.9 Å². The van der Waals surface area contributed by atoms with Gasteiger partial charge in [-0.25, -0.2) is 14.8 Å². The van der Waals surface area contributed by atoms with Gasteiger partial charge in [0.05, 0.1) is 12.1 Å². The number of hydrogen-bond donors (Lipinski definition) is 3. The highest BCUT2D eigenvalue weighted by Crippen LogP contribution is 2.37. The monoisotopic (exact) mass is 530 g/mol. The number of carbonyl (C=O) groups is 4. The van der Waals surface area contributed by atoms with Gasteiger partial charge in [-0.1, -0.05) is 35.9 Å². The second kappa shape index (κ2) is 10.9. The molecule has 11 heteroatoms. The van der Waals surface area contributed by atoms with Crippen molar-refractivity contribution in [2.45, 2.75) is 39.7 Å². The van der Waals surface area contributed by atoms with E-state index in [0.29, 0.717) is 22.4 Å². The van der Waals surface area contributed by atoms with Crippen LogP contribution in [0.2, 0.25) is 0 Å². The summed E-state index contributed by atoms with van der Waals surface area (Å²) < 4.78 is 5.17. The number of benzene rings is 2. The van der Waals surface area contributed by atoms with Crippen molar-refractivity contribution in [1.82, 2.24) is 20.6 Å². The van der Waals surface area contributed by atoms with Gasteiger partial charge in [-0.15, -0.1) is 0 Å². The smallest absolute Gasteiger partial charge is 0.407 e. The van der Waals surface area contributed by atoms with Crippen LogP contribution in [0, 0.1) is 6.92 Å². The zero-order chi connectivity index (χ0) is 28.3. The first-order valence-corrected chi connectivity index (χ1v) is 12.4. The first-order valence-electron chi connectivity index (χ1n) is 12.4. The summed E-state index contributed by atoms with van der Waals surface area (Å²) >= 11 is 0. The third kappa shape index (κ3) is 6.38. The Bertz CT molecular complexity index is 1450. The van der Waals surface area contributed by atoms with E-state index in [1.165, 1.54) is 4.90 Å². The number of hydrogen-bond acceptors (Lipinski definition) is 7. The zero-order valence-corrected chi connectivity index (χ0v) is 22.2. The van der Waals surface area contributed by atoms with Gasteiger partial charge < -0.3 is 21.1 Å². The maximum atomic E-state index is 13.1. The van der Waals surface area contributed by atoms with Crippen molar-refractivity contribution in [2.75, 3.05) is 18.0 Å². The van der Waals surface area contributed by atoms with Crippen LogP contribution >= 0.6 is 0 Å². The minimum atomic E-state index is -0.759. The molecule has 0 saturated heterocycles. The molecule has 39 heavy (non-hydrogen) atoms. The number of carbonyl (C=O) groups excluding carboxylic acids is 4. The molecule has 0 aliphatic carbocycles. The van der Waals surface area contributed by atoms with Crippen LogP contribution in [0.25, 0.3) is 11.4 Å². The van der Waals surface area contributed by atoms with E-state index in [0.717, 1.165) is 5.56 Å². The fraction of sp³-hybridized carbons (Fsp3) is 0.286. The molecule has 3 aromatic rings. The van der Waals surface area contributed by atoms with Crippen molar-refractivity contribution in [3.05, 3.63) is 70.9 Å². The normalized spacial score (nSPS) is 12.6. The van der Waals surface area contributed by atoms with Crippen molar-refractivity contribution < 1.29 is 23.9 Å². The molecule has 0 atom stereocenters. The molecule has 1 aromatic heterocycles. The number of nitrogens with one attached hydrogen (secondary N) is 2. The molecule has 202 valence electrons. The van der Waals surface area contributed by atoms with Gasteiger partial charge in [0.15, 0.2) is 5.82 Å². The lowest BCUT2D eigenvalue weighted by atomic mass is 10.1. The second-order valence-corrected chi connectivity index (χ2v) is 10.1. The molecule has 0 saturated carbocycles. The minimum Gasteiger partial charge on any atom is -0.444 e. The van der Waals surface area contributed by atoms with Gasteiger partial charge in [0, 0.05) is 29.8 Å². The molecule has 0 unspecified atom stereocenters. The molecule has 4 N–H and O–H groups in total. The van der Waals surface area contributed by atoms with E-state index < -0.39 is 23.5 Å². The molecule has 0 radical (unpaired) electrons. The van der Waals surface area contributed by atoms with Crippen molar-refractivity contribution in [3.63, 3.8) is 0 Å². The van der Waals surface area contributed by atoms with E-state index in [1.54, 1.807) is 45.0 Å². The number of fused-ring (bicyclic) bond motifs is 1. The SMILES string of the molecule is Cc1ccc(-c2nc(C(N)=O)c3c(n2)N(c2cccc(C(=O)NCCNC(=O)OC(C)(C)C)c2)C(=O)C3)cc1. The number of primary amides is 1. The maximum absolute atomic E-state index is 13.1. The number of nitrogens with zero attached hydrogens (tertiary/aromatic N) is 3. The van der Waals surface area contributed by atoms with E-state index in [2.05, 4.69) is 20.6 Å². The Morgan fingerprint density at radius 2 is 1.72 bits per heavy atom. The van der Waals surface area contributed by atoms with Crippen molar-refractivity contribution in [2.24, 2.45) is 5.73 Å². The number of ether oxygens (including phenoxy) is 1. The number of aryl methyl sites for hydroxylation is 1. The topological polar surface area (TPSA) is 157 Å². The molecule has 11 nitrogen and oxygen atoms in total. The Morgan fingerprint density at radius 3 is 2.38 bits per heavy atom. The number of anilines is 2. The van der Waals surface area contributed by atoms with Gasteiger partial charge in [0.25, 0.3) is 11.8 Å². The van der Waals surface area contributed by atoms with E-state index in [4.69, 9.17) is 10.5 Å². The molecule has 2 heterocycles. The predicted molar refractivity (Wildman–Crippen MR) is 145 cm³/mol. The lowest BCUT2D eigenvalue weighted by Crippen LogP contribution is -2.37. The molecule has 0 fully saturated rings. The van der Waals surface area contributed by atoms with Gasteiger partial charge in [0.2, 0.25) is 5.91 Å². The summed E-state index contributed by atoms with van der Waals surface area (Å²) in [6.45, 7) is 7.57. The fourth-order valence-corrected chi connectivity index (χ4v) is 4.01. The summed E-state index contributed by atoms with van der Waals surface area (Å²) in [6.07, 6.45) is -0.679. The highest BCUT2D eigenvalue weighted by molar-refractivity contribution is 6.10. The van der Waals surface area contributed by atoms with Gasteiger partial charge >= 0.3 is 6.09 Å². The summed E-state index contributed by atoms with van der Waals surface area (Å²) in [5.74, 6) is -0.977. The average Bonchev–Trinajstić information content (AvgIpc) is 3.20. The summed E-state index contributed by atoms with van der Waals surface area (Å²) in [4.78, 5) is 60.2. The first-order chi connectivity index (χ1) is 18.4. The summed E-state index contributed by atoms with van der Waals surface area (Å²) in [5.41, 5.74) is 7.73. The van der Waals surface area contributed by atoms with Crippen molar-refractivity contribution in [1.29, 1.82) is 0 Å². The van der Waals surface area contributed by atoms with Gasteiger partial charge in [0.1, 0.15) is 17.1 Å². The molecular weight excluding hydrogens is 500 g/mol. The predicted octanol–water partition coefficient (Wildman–Crippen LogP) is 3.03. The molecule has 0 bridgehead atoms. The van der Waals surface area contributed by atoms with Crippen LogP contribution in [0.15, 0.2) is 48.5 Å². The van der Waals surface area contributed by atoms with Crippen LogP contribution in [0.4, 0.5) is 16.3 Å². The van der Waals surface area contributed by atoms with Crippen molar-refractivity contribution in [3.8, 4) is 11.4 Å². The van der Waals surface area contributed by atoms with E-state index in [9.17, 15) is 19.2 Å². The molecule has 1 aliphatic heterocycles. The second-order valence-electron chi connectivity index (χ2n) is 10.1. The summed E-state index contributed by atoms with van der Waals surface area (Å²) in [6, 6.07) is 13.9. The van der Waals surface area contributed by atoms with Crippen LogP contribution in [-0.4, -0.2) is 52.5 Å². The van der Waals surface area contributed by atoms with Crippen LogP contribution in [0.1, 0.15) is 52.7 Å². The molecular formula is C28H30N6O5. The zero-order valence-electron chi connectivity index (χ0n) is 22.2. The van der Waals surface area contributed by atoms with E-state index >= 15 is 0 Å². The average molecular weight is 531 g/mol. The lowest BCUT2D eigenvalue weighted by Gasteiger charge is -2.19. The third-order valence-corrected chi connectivity index (χ3v) is 5.76. The number of rotatable bonds is 7. The van der Waals surface area contributed by atoms with Crippen molar-refractivity contribution >= 4 is 35.3 Å². The first kappa shape index (κ1) is 27.2. The van der Waals surface area contributed by atoms with E-state index in [-0.39, 0.29) is 42.8 Å². The third-order valence-electron chi connectivity index (χ3n) is 5.76. The number of nitrogens with two attached hydrogens (primary N) is 1. The largest absolute Gasteiger partial charge is 0.444 e. The fourth-order valence-electron chi connectivity index (χ4n) is 4.01. The van der Waals surface area contributed by atoms with Crippen LogP contribution < -0.4 is 21.3 Å². The maximum Gasteiger partial charge on any atom is 0.407 e. The number of alkyl carbamates (subject to hydrolysis) is 1. The summed E-state index contributed by atoms with van der Waals surface area (Å²) in [5, 5.41) is 5.30. The molecule has 1 aliphatic rings. The van der Waals surface area contributed by atoms with Crippen LogP contribution in [0.5, 0.6) is 0 Å². The molecule has 4 amide bonds. The Kier molecular flexibility index (Phi) is 7.61. The number of amides is 4. The Morgan fingerprint density at radius 1 is 1.03 bits per heavy atom. The molecule has 0 spiro atoms. The Labute approximate surface area is 225 Å². The standard InChI is InChI=1S/C28H30N6O5/c1-16-8-10-17(11-9-16)24-32-22(23(29)36)20-15-21(35)34(25(20)33-24)19-7-5-6-18(14-19)26(37)30-12-13-31-27(38)39-28(2,3)4/h5-11,14H,12-13,15H2,1-4H3,(H2,29,36)(H,30,37)(H,31,38). The van der Waals surface area contributed by atoms with Crippen LogP contribution in [-0.2, 0) is 16.0 Å². The highest BCUT2D eigenvalue weighted by atomic mass is 16.6.